The Labute approximate surface area is 120 Å². The van der Waals surface area contributed by atoms with E-state index in [4.69, 9.17) is 28.5 Å². The smallest absolute Gasteiger partial charge is 0.255 e. The zero-order valence-corrected chi connectivity index (χ0v) is 11.2. The van der Waals surface area contributed by atoms with Crippen molar-refractivity contribution < 1.29 is 4.79 Å². The fourth-order valence-electron chi connectivity index (χ4n) is 1.51. The van der Waals surface area contributed by atoms with Gasteiger partial charge in [0, 0.05) is 10.6 Å². The van der Waals surface area contributed by atoms with Gasteiger partial charge in [0.15, 0.2) is 0 Å². The number of nitriles is 1. The Kier molecular flexibility index (Phi) is 4.06. The molecule has 1 amide bonds. The lowest BCUT2D eigenvalue weighted by Gasteiger charge is -2.07. The summed E-state index contributed by atoms with van der Waals surface area (Å²) >= 11 is 11.8. The maximum atomic E-state index is 12.0. The van der Waals surface area contributed by atoms with Crippen LogP contribution in [-0.4, -0.2) is 5.91 Å². The minimum atomic E-state index is -0.334. The zero-order valence-electron chi connectivity index (χ0n) is 9.65. The molecule has 0 fully saturated rings. The Morgan fingerprint density at radius 2 is 1.95 bits per heavy atom. The molecule has 2 rings (SSSR count). The molecule has 0 saturated heterocycles. The molecule has 1 N–H and O–H groups in total. The van der Waals surface area contributed by atoms with Gasteiger partial charge in [0.1, 0.15) is 0 Å². The summed E-state index contributed by atoms with van der Waals surface area (Å²) in [4.78, 5) is 12.0. The maximum absolute atomic E-state index is 12.0. The number of hydrogen-bond acceptors (Lipinski definition) is 2. The number of nitrogens with zero attached hydrogens (tertiary/aromatic N) is 1. The maximum Gasteiger partial charge on any atom is 0.255 e. The predicted octanol–water partition coefficient (Wildman–Crippen LogP) is 4.12. The van der Waals surface area contributed by atoms with Crippen molar-refractivity contribution in [1.82, 2.24) is 0 Å². The Morgan fingerprint density at radius 1 is 1.16 bits per heavy atom. The van der Waals surface area contributed by atoms with Crippen LogP contribution < -0.4 is 5.32 Å². The van der Waals surface area contributed by atoms with E-state index < -0.39 is 0 Å². The number of carbonyl (C=O) groups excluding carboxylic acids is 1. The summed E-state index contributed by atoms with van der Waals surface area (Å²) in [5.41, 5.74) is 1.24. The fraction of sp³-hybridized carbons (Fsp3) is 0. The first kappa shape index (κ1) is 13.4. The number of carbonyl (C=O) groups is 1. The van der Waals surface area contributed by atoms with Crippen LogP contribution >= 0.6 is 23.2 Å². The number of anilines is 1. The van der Waals surface area contributed by atoms with Crippen molar-refractivity contribution in [2.75, 3.05) is 5.32 Å². The summed E-state index contributed by atoms with van der Waals surface area (Å²) in [5.74, 6) is -0.334. The first-order chi connectivity index (χ1) is 9.10. The normalized spacial score (nSPS) is 9.74. The first-order valence-electron chi connectivity index (χ1n) is 5.37. The van der Waals surface area contributed by atoms with Gasteiger partial charge >= 0.3 is 0 Å². The summed E-state index contributed by atoms with van der Waals surface area (Å²) in [6.45, 7) is 0. The van der Waals surface area contributed by atoms with Gasteiger partial charge in [-0.1, -0.05) is 29.3 Å². The molecule has 0 aromatic heterocycles. The van der Waals surface area contributed by atoms with E-state index in [2.05, 4.69) is 5.32 Å². The Bertz CT molecular complexity index is 677. The van der Waals surface area contributed by atoms with Crippen molar-refractivity contribution in [1.29, 1.82) is 5.26 Å². The molecule has 0 aliphatic carbocycles. The number of hydrogen-bond donors (Lipinski definition) is 1. The van der Waals surface area contributed by atoms with E-state index in [1.807, 2.05) is 6.07 Å². The van der Waals surface area contributed by atoms with Gasteiger partial charge in [0.25, 0.3) is 5.91 Å². The summed E-state index contributed by atoms with van der Waals surface area (Å²) in [6.07, 6.45) is 0. The molecular weight excluding hydrogens is 283 g/mol. The van der Waals surface area contributed by atoms with Gasteiger partial charge in [-0.15, -0.1) is 0 Å². The minimum absolute atomic E-state index is 0.334. The molecule has 3 nitrogen and oxygen atoms in total. The second kappa shape index (κ2) is 5.75. The van der Waals surface area contributed by atoms with Gasteiger partial charge in [-0.25, -0.2) is 0 Å². The van der Waals surface area contributed by atoms with Gasteiger partial charge in [0.05, 0.1) is 22.3 Å². The van der Waals surface area contributed by atoms with E-state index in [-0.39, 0.29) is 5.91 Å². The van der Waals surface area contributed by atoms with Crippen molar-refractivity contribution in [3.05, 3.63) is 63.6 Å². The van der Waals surface area contributed by atoms with E-state index in [0.717, 1.165) is 0 Å². The van der Waals surface area contributed by atoms with Crippen molar-refractivity contribution in [3.8, 4) is 6.07 Å². The molecule has 0 bridgehead atoms. The van der Waals surface area contributed by atoms with Crippen LogP contribution in [0.15, 0.2) is 42.5 Å². The van der Waals surface area contributed by atoms with Crippen LogP contribution in [0.5, 0.6) is 0 Å². The lowest BCUT2D eigenvalue weighted by Crippen LogP contribution is -2.12. The molecule has 2 aromatic rings. The van der Waals surface area contributed by atoms with Gasteiger partial charge in [-0.3, -0.25) is 4.79 Å². The van der Waals surface area contributed by atoms with Crippen LogP contribution in [0.25, 0.3) is 0 Å². The molecule has 19 heavy (non-hydrogen) atoms. The van der Waals surface area contributed by atoms with E-state index >= 15 is 0 Å². The summed E-state index contributed by atoms with van der Waals surface area (Å²) < 4.78 is 0. The average molecular weight is 291 g/mol. The minimum Gasteiger partial charge on any atom is -0.321 e. The topological polar surface area (TPSA) is 52.9 Å². The molecule has 2 aromatic carbocycles. The molecular formula is C14H8Cl2N2O. The summed E-state index contributed by atoms with van der Waals surface area (Å²) in [5, 5.41) is 12.3. The van der Waals surface area contributed by atoms with Crippen LogP contribution in [0.2, 0.25) is 10.0 Å². The number of nitrogens with one attached hydrogen (secondary N) is 1. The third-order valence-corrected chi connectivity index (χ3v) is 3.00. The molecule has 0 aliphatic rings. The van der Waals surface area contributed by atoms with Crippen LogP contribution in [0.1, 0.15) is 15.9 Å². The SMILES string of the molecule is N#Cc1ccc(Cl)c(NC(=O)c2cccc(Cl)c2)c1. The molecule has 0 spiro atoms. The van der Waals surface area contributed by atoms with Gasteiger partial charge in [-0.2, -0.15) is 5.26 Å². The van der Waals surface area contributed by atoms with Gasteiger partial charge in [0.2, 0.25) is 0 Å². The highest BCUT2D eigenvalue weighted by Gasteiger charge is 2.09. The highest BCUT2D eigenvalue weighted by Crippen LogP contribution is 2.23. The molecule has 94 valence electrons. The third kappa shape index (κ3) is 3.25. The Hall–Kier alpha value is -2.02. The largest absolute Gasteiger partial charge is 0.321 e. The number of halogens is 2. The number of rotatable bonds is 2. The second-order valence-electron chi connectivity index (χ2n) is 3.77. The fourth-order valence-corrected chi connectivity index (χ4v) is 1.87. The van der Waals surface area contributed by atoms with Gasteiger partial charge < -0.3 is 5.32 Å². The van der Waals surface area contributed by atoms with E-state index in [9.17, 15) is 4.79 Å². The van der Waals surface area contributed by atoms with Crippen LogP contribution in [0.4, 0.5) is 5.69 Å². The highest BCUT2D eigenvalue weighted by atomic mass is 35.5. The second-order valence-corrected chi connectivity index (χ2v) is 4.61. The van der Waals surface area contributed by atoms with E-state index in [1.165, 1.54) is 6.07 Å². The van der Waals surface area contributed by atoms with Crippen molar-refractivity contribution >= 4 is 34.8 Å². The monoisotopic (exact) mass is 290 g/mol. The first-order valence-corrected chi connectivity index (χ1v) is 6.12. The Balaban J connectivity index is 2.27. The quantitative estimate of drug-likeness (QED) is 0.905. The highest BCUT2D eigenvalue weighted by molar-refractivity contribution is 6.34. The zero-order chi connectivity index (χ0) is 13.8. The molecule has 5 heteroatoms. The molecule has 0 unspecified atom stereocenters. The molecule has 0 atom stereocenters. The average Bonchev–Trinajstić information content (AvgIpc) is 2.41. The lowest BCUT2D eigenvalue weighted by molar-refractivity contribution is 0.102. The van der Waals surface area contributed by atoms with E-state index in [1.54, 1.807) is 36.4 Å². The van der Waals surface area contributed by atoms with E-state index in [0.29, 0.717) is 26.9 Å². The summed E-state index contributed by atoms with van der Waals surface area (Å²) in [7, 11) is 0. The van der Waals surface area contributed by atoms with Crippen LogP contribution in [0.3, 0.4) is 0 Å². The van der Waals surface area contributed by atoms with Crippen LogP contribution in [-0.2, 0) is 0 Å². The molecule has 0 saturated carbocycles. The Morgan fingerprint density at radius 3 is 2.63 bits per heavy atom. The lowest BCUT2D eigenvalue weighted by atomic mass is 10.2. The number of amides is 1. The van der Waals surface area contributed by atoms with Crippen molar-refractivity contribution in [2.45, 2.75) is 0 Å². The van der Waals surface area contributed by atoms with Gasteiger partial charge in [-0.05, 0) is 36.4 Å². The van der Waals surface area contributed by atoms with Crippen LogP contribution in [0, 0.1) is 11.3 Å². The molecule has 0 heterocycles. The van der Waals surface area contributed by atoms with Crippen molar-refractivity contribution in [3.63, 3.8) is 0 Å². The summed E-state index contributed by atoms with van der Waals surface area (Å²) in [6, 6.07) is 13.2. The number of benzene rings is 2. The standard InChI is InChI=1S/C14H8Cl2N2O/c15-11-3-1-2-10(7-11)14(19)18-13-6-9(8-17)4-5-12(13)16/h1-7H,(H,18,19). The molecule has 0 radical (unpaired) electrons. The van der Waals surface area contributed by atoms with Crippen molar-refractivity contribution in [2.24, 2.45) is 0 Å². The molecule has 0 aliphatic heterocycles. The predicted molar refractivity (Wildman–Crippen MR) is 75.6 cm³/mol. The third-order valence-electron chi connectivity index (χ3n) is 2.43.